The van der Waals surface area contributed by atoms with E-state index in [1.54, 1.807) is 30.3 Å². The zero-order chi connectivity index (χ0) is 40.5. The molecule has 1 heterocycles. The van der Waals surface area contributed by atoms with Crippen LogP contribution < -0.4 is 38.1 Å². The minimum atomic E-state index is -1.60. The van der Waals surface area contributed by atoms with E-state index in [2.05, 4.69) is 26.6 Å². The molecule has 1 aromatic rings. The van der Waals surface area contributed by atoms with Crippen molar-refractivity contribution in [3.05, 3.63) is 35.9 Å². The predicted octanol–water partition coefficient (Wildman–Crippen LogP) is -0.599. The molecule has 12 N–H and O–H groups in total. The smallest absolute Gasteiger partial charge is 0.326 e. The molecule has 5 amide bonds. The summed E-state index contributed by atoms with van der Waals surface area (Å²) in [6, 6.07) is 1.58. The Bertz CT molecular complexity index is 1470. The lowest BCUT2D eigenvalue weighted by atomic mass is 10.00. The van der Waals surface area contributed by atoms with Crippen LogP contribution in [0.5, 0.6) is 0 Å². The van der Waals surface area contributed by atoms with Gasteiger partial charge in [0, 0.05) is 13.1 Å². The lowest BCUT2D eigenvalue weighted by Crippen LogP contribution is -2.59. The predicted molar refractivity (Wildman–Crippen MR) is 199 cm³/mol. The Kier molecular flexibility index (Phi) is 18.4. The Morgan fingerprint density at radius 3 is 1.98 bits per heavy atom. The number of hydrogen-bond donors (Lipinski definition) is 10. The molecule has 1 aliphatic rings. The molecule has 0 bridgehead atoms. The van der Waals surface area contributed by atoms with E-state index in [1.165, 1.54) is 4.90 Å². The van der Waals surface area contributed by atoms with Gasteiger partial charge in [-0.05, 0) is 62.3 Å². The SMILES string of the molecule is CC(C)C[C@H](NC(=O)[C@H](CC(C)C)NC(=O)[C@@H]1CCCN1C(=O)[C@H](CCCNC(=N)N)NC(=O)[C@H](CC(=O)O)NC(=O)[C@@H](N)Cc1ccccc1)C(=O)O. The zero-order valence-electron chi connectivity index (χ0n) is 31.4. The van der Waals surface area contributed by atoms with E-state index in [9.17, 15) is 43.8 Å². The number of carboxylic acid groups (broad SMARTS) is 2. The van der Waals surface area contributed by atoms with Crippen molar-refractivity contribution in [3.8, 4) is 0 Å². The second kappa shape index (κ2) is 22.1. The van der Waals surface area contributed by atoms with E-state index in [4.69, 9.17) is 16.9 Å². The van der Waals surface area contributed by atoms with Crippen LogP contribution in [0.25, 0.3) is 0 Å². The summed E-state index contributed by atoms with van der Waals surface area (Å²) in [5, 5.41) is 39.4. The average molecular weight is 760 g/mol. The summed E-state index contributed by atoms with van der Waals surface area (Å²) >= 11 is 0. The number of nitrogens with two attached hydrogens (primary N) is 2. The molecule has 1 aliphatic heterocycles. The van der Waals surface area contributed by atoms with Crippen molar-refractivity contribution in [2.75, 3.05) is 13.1 Å². The van der Waals surface area contributed by atoms with E-state index in [0.717, 1.165) is 5.56 Å². The van der Waals surface area contributed by atoms with Crippen molar-refractivity contribution in [1.82, 2.24) is 31.5 Å². The number of nitrogens with one attached hydrogen (secondary N) is 6. The number of hydrogen-bond acceptors (Lipinski definition) is 9. The van der Waals surface area contributed by atoms with Crippen LogP contribution in [0.15, 0.2) is 30.3 Å². The van der Waals surface area contributed by atoms with Gasteiger partial charge in [0.05, 0.1) is 12.5 Å². The highest BCUT2D eigenvalue weighted by molar-refractivity contribution is 5.97. The maximum absolute atomic E-state index is 14.1. The summed E-state index contributed by atoms with van der Waals surface area (Å²) in [4.78, 5) is 92.5. The number of carbonyl (C=O) groups excluding carboxylic acids is 5. The summed E-state index contributed by atoms with van der Waals surface area (Å²) in [6.07, 6.45) is 0.552. The topological polar surface area (TPSA) is 299 Å². The first-order valence-electron chi connectivity index (χ1n) is 18.2. The number of carbonyl (C=O) groups is 7. The van der Waals surface area contributed by atoms with Crippen LogP contribution in [-0.2, 0) is 40.0 Å². The maximum Gasteiger partial charge on any atom is 0.326 e. The van der Waals surface area contributed by atoms with Crippen molar-refractivity contribution in [1.29, 1.82) is 5.41 Å². The Labute approximate surface area is 315 Å². The zero-order valence-corrected chi connectivity index (χ0v) is 31.4. The van der Waals surface area contributed by atoms with E-state index < -0.39 is 84.1 Å². The van der Waals surface area contributed by atoms with E-state index >= 15 is 0 Å². The number of aliphatic carboxylic acids is 2. The highest BCUT2D eigenvalue weighted by atomic mass is 16.4. The molecule has 1 fully saturated rings. The van der Waals surface area contributed by atoms with Gasteiger partial charge in [0.1, 0.15) is 30.2 Å². The number of nitrogens with zero attached hydrogens (tertiary/aromatic N) is 1. The molecule has 1 saturated heterocycles. The van der Waals surface area contributed by atoms with Crippen molar-refractivity contribution >= 4 is 47.4 Å². The van der Waals surface area contributed by atoms with Gasteiger partial charge < -0.3 is 53.2 Å². The number of likely N-dealkylation sites (tertiary alicyclic amines) is 1. The highest BCUT2D eigenvalue weighted by Crippen LogP contribution is 2.21. The molecule has 0 unspecified atom stereocenters. The lowest BCUT2D eigenvalue weighted by molar-refractivity contribution is -0.144. The molecule has 0 aliphatic carbocycles. The molecule has 2 rings (SSSR count). The van der Waals surface area contributed by atoms with Crippen LogP contribution in [0.3, 0.4) is 0 Å². The number of guanidine groups is 1. The van der Waals surface area contributed by atoms with Gasteiger partial charge in [0.2, 0.25) is 29.5 Å². The van der Waals surface area contributed by atoms with Gasteiger partial charge in [-0.2, -0.15) is 0 Å². The van der Waals surface area contributed by atoms with Crippen LogP contribution in [0, 0.1) is 17.2 Å². The van der Waals surface area contributed by atoms with Gasteiger partial charge >= 0.3 is 11.9 Å². The normalized spacial score (nSPS) is 16.7. The first-order valence-corrected chi connectivity index (χ1v) is 18.2. The molecule has 18 heteroatoms. The van der Waals surface area contributed by atoms with Crippen molar-refractivity contribution < 1.29 is 43.8 Å². The van der Waals surface area contributed by atoms with Gasteiger partial charge in [-0.15, -0.1) is 0 Å². The molecule has 0 saturated carbocycles. The van der Waals surface area contributed by atoms with Crippen LogP contribution in [0.1, 0.15) is 78.2 Å². The second-order valence-corrected chi connectivity index (χ2v) is 14.4. The minimum absolute atomic E-state index is 0.0121. The highest BCUT2D eigenvalue weighted by Gasteiger charge is 2.40. The lowest BCUT2D eigenvalue weighted by Gasteiger charge is -2.31. The fourth-order valence-electron chi connectivity index (χ4n) is 6.12. The molecule has 54 heavy (non-hydrogen) atoms. The second-order valence-electron chi connectivity index (χ2n) is 14.4. The first kappa shape index (κ1) is 44.9. The molecular weight excluding hydrogens is 702 g/mol. The van der Waals surface area contributed by atoms with Crippen molar-refractivity contribution in [2.24, 2.45) is 23.3 Å². The van der Waals surface area contributed by atoms with Gasteiger partial charge in [0.25, 0.3) is 0 Å². The quantitative estimate of drug-likeness (QED) is 0.0403. The summed E-state index contributed by atoms with van der Waals surface area (Å²) in [5.41, 5.74) is 12.2. The van der Waals surface area contributed by atoms with Gasteiger partial charge in [0.15, 0.2) is 5.96 Å². The standard InChI is InChI=1S/C36H57N9O9/c1-20(2)16-25(31(49)44-27(35(53)54)17-21(3)4)43-33(51)28-13-9-15-45(28)34(52)24(12-8-14-40-36(38)39)41-32(50)26(19-29(46)47)42-30(48)23(37)18-22-10-6-5-7-11-22/h5-7,10-11,20-21,23-28H,8-9,12-19,37H2,1-4H3,(H,41,50)(H,42,48)(H,43,51)(H,44,49)(H,46,47)(H,53,54)(H4,38,39,40)/t23-,24-,25-,26-,27-,28-/m0/s1. The van der Waals surface area contributed by atoms with Crippen molar-refractivity contribution in [3.63, 3.8) is 0 Å². The van der Waals surface area contributed by atoms with Crippen LogP contribution in [0.2, 0.25) is 0 Å². The van der Waals surface area contributed by atoms with Crippen LogP contribution in [-0.4, -0.2) is 112 Å². The summed E-state index contributed by atoms with van der Waals surface area (Å²) in [6.45, 7) is 7.61. The summed E-state index contributed by atoms with van der Waals surface area (Å²) in [5.74, 6) is -6.69. The molecule has 1 aromatic carbocycles. The first-order chi connectivity index (χ1) is 25.4. The molecule has 0 radical (unpaired) electrons. The fraction of sp³-hybridized carbons (Fsp3) is 0.611. The Hall–Kier alpha value is -5.26. The average Bonchev–Trinajstić information content (AvgIpc) is 3.58. The van der Waals surface area contributed by atoms with Gasteiger partial charge in [-0.25, -0.2) is 4.79 Å². The molecule has 300 valence electrons. The van der Waals surface area contributed by atoms with Gasteiger partial charge in [-0.3, -0.25) is 34.2 Å². The van der Waals surface area contributed by atoms with Gasteiger partial charge in [-0.1, -0.05) is 58.0 Å². The number of benzene rings is 1. The molecule has 0 aromatic heterocycles. The molecular formula is C36H57N9O9. The molecule has 6 atom stereocenters. The summed E-state index contributed by atoms with van der Waals surface area (Å²) in [7, 11) is 0. The monoisotopic (exact) mass is 759 g/mol. The molecule has 18 nitrogen and oxygen atoms in total. The van der Waals surface area contributed by atoms with E-state index in [-0.39, 0.29) is 69.4 Å². The van der Waals surface area contributed by atoms with E-state index in [1.807, 2.05) is 27.7 Å². The molecule has 0 spiro atoms. The third kappa shape index (κ3) is 15.4. The fourth-order valence-corrected chi connectivity index (χ4v) is 6.12. The summed E-state index contributed by atoms with van der Waals surface area (Å²) < 4.78 is 0. The third-order valence-electron chi connectivity index (χ3n) is 8.75. The number of carboxylic acids is 2. The van der Waals surface area contributed by atoms with Crippen LogP contribution in [0.4, 0.5) is 0 Å². The number of amides is 5. The number of rotatable bonds is 22. The Morgan fingerprint density at radius 2 is 1.41 bits per heavy atom. The maximum atomic E-state index is 14.1. The third-order valence-corrected chi connectivity index (χ3v) is 8.75. The Balaban J connectivity index is 2.28. The largest absolute Gasteiger partial charge is 0.481 e. The van der Waals surface area contributed by atoms with E-state index in [0.29, 0.717) is 6.42 Å². The minimum Gasteiger partial charge on any atom is -0.481 e. The van der Waals surface area contributed by atoms with Crippen LogP contribution >= 0.6 is 0 Å². The Morgan fingerprint density at radius 1 is 0.833 bits per heavy atom. The van der Waals surface area contributed by atoms with Crippen molar-refractivity contribution in [2.45, 2.75) is 115 Å².